The molecule has 1 unspecified atom stereocenters. The molecular formula is C16H26N2O2S. The van der Waals surface area contributed by atoms with Gasteiger partial charge in [-0.15, -0.1) is 0 Å². The van der Waals surface area contributed by atoms with Gasteiger partial charge < -0.3 is 5.32 Å². The number of aryl methyl sites for hydroxylation is 1. The van der Waals surface area contributed by atoms with E-state index in [-0.39, 0.29) is 5.75 Å². The first-order valence-electron chi connectivity index (χ1n) is 7.73. The van der Waals surface area contributed by atoms with E-state index in [2.05, 4.69) is 43.4 Å². The molecule has 4 nitrogen and oxygen atoms in total. The summed E-state index contributed by atoms with van der Waals surface area (Å²) in [7, 11) is -3.02. The number of hydrogen-bond donors (Lipinski definition) is 1. The minimum atomic E-state index is -3.02. The zero-order chi connectivity index (χ0) is 15.5. The van der Waals surface area contributed by atoms with Gasteiger partial charge in [0.15, 0.2) is 0 Å². The summed E-state index contributed by atoms with van der Waals surface area (Å²) in [6.45, 7) is 7.23. The maximum atomic E-state index is 11.8. The van der Waals surface area contributed by atoms with E-state index < -0.39 is 10.0 Å². The van der Waals surface area contributed by atoms with E-state index >= 15 is 0 Å². The quantitative estimate of drug-likeness (QED) is 0.909. The molecule has 1 aromatic carbocycles. The molecule has 0 spiro atoms. The first kappa shape index (κ1) is 16.5. The molecule has 0 amide bonds. The van der Waals surface area contributed by atoms with Gasteiger partial charge in [-0.05, 0) is 39.2 Å². The van der Waals surface area contributed by atoms with Crippen LogP contribution >= 0.6 is 0 Å². The minimum absolute atomic E-state index is 0.199. The van der Waals surface area contributed by atoms with Crippen molar-refractivity contribution in [3.63, 3.8) is 0 Å². The minimum Gasteiger partial charge on any atom is -0.307 e. The van der Waals surface area contributed by atoms with Crippen LogP contribution in [-0.2, 0) is 10.0 Å². The molecule has 0 radical (unpaired) electrons. The highest BCUT2D eigenvalue weighted by Crippen LogP contribution is 2.19. The van der Waals surface area contributed by atoms with Gasteiger partial charge in [-0.25, -0.2) is 12.7 Å². The second kappa shape index (κ2) is 6.90. The Labute approximate surface area is 128 Å². The van der Waals surface area contributed by atoms with Crippen LogP contribution in [-0.4, -0.2) is 37.6 Å². The van der Waals surface area contributed by atoms with E-state index in [0.717, 1.165) is 12.8 Å². The Balaban J connectivity index is 1.87. The molecule has 0 saturated carbocycles. The van der Waals surface area contributed by atoms with Crippen LogP contribution in [0, 0.1) is 6.92 Å². The number of rotatable bonds is 5. The van der Waals surface area contributed by atoms with Gasteiger partial charge in [-0.3, -0.25) is 0 Å². The molecule has 1 atom stereocenters. The van der Waals surface area contributed by atoms with Crippen LogP contribution in [0.25, 0.3) is 0 Å². The maximum absolute atomic E-state index is 11.8. The van der Waals surface area contributed by atoms with Crippen molar-refractivity contribution in [2.75, 3.05) is 18.8 Å². The van der Waals surface area contributed by atoms with Gasteiger partial charge in [0.1, 0.15) is 0 Å². The van der Waals surface area contributed by atoms with E-state index in [0.29, 0.717) is 25.2 Å². The molecule has 0 bridgehead atoms. The largest absolute Gasteiger partial charge is 0.307 e. The third-order valence-electron chi connectivity index (χ3n) is 4.28. The van der Waals surface area contributed by atoms with Gasteiger partial charge in [0.2, 0.25) is 10.0 Å². The standard InChI is InChI=1S/C16H26N2O2S/c1-4-21(19,20)18-11-9-16(10-12-18)17-14(3)15-7-5-13(2)6-8-15/h5-8,14,16-17H,4,9-12H2,1-3H3. The topological polar surface area (TPSA) is 49.4 Å². The van der Waals surface area contributed by atoms with Crippen molar-refractivity contribution in [1.29, 1.82) is 0 Å². The molecule has 1 aromatic rings. The molecule has 0 aliphatic carbocycles. The lowest BCUT2D eigenvalue weighted by Gasteiger charge is -2.33. The van der Waals surface area contributed by atoms with Crippen molar-refractivity contribution in [3.05, 3.63) is 35.4 Å². The molecule has 21 heavy (non-hydrogen) atoms. The zero-order valence-electron chi connectivity index (χ0n) is 13.2. The van der Waals surface area contributed by atoms with Crippen molar-refractivity contribution >= 4 is 10.0 Å². The fraction of sp³-hybridized carbons (Fsp3) is 0.625. The van der Waals surface area contributed by atoms with Gasteiger partial charge >= 0.3 is 0 Å². The zero-order valence-corrected chi connectivity index (χ0v) is 14.0. The number of sulfonamides is 1. The van der Waals surface area contributed by atoms with Gasteiger partial charge in [-0.2, -0.15) is 0 Å². The van der Waals surface area contributed by atoms with Gasteiger partial charge in [0.25, 0.3) is 0 Å². The number of hydrogen-bond acceptors (Lipinski definition) is 3. The Morgan fingerprint density at radius 3 is 2.33 bits per heavy atom. The first-order valence-corrected chi connectivity index (χ1v) is 9.33. The average Bonchev–Trinajstić information content (AvgIpc) is 2.48. The summed E-state index contributed by atoms with van der Waals surface area (Å²) >= 11 is 0. The summed E-state index contributed by atoms with van der Waals surface area (Å²) < 4.78 is 25.3. The summed E-state index contributed by atoms with van der Waals surface area (Å²) in [6, 6.07) is 9.26. The molecule has 5 heteroatoms. The molecule has 1 N–H and O–H groups in total. The lowest BCUT2D eigenvalue weighted by molar-refractivity contribution is 0.277. The predicted molar refractivity (Wildman–Crippen MR) is 86.8 cm³/mol. The van der Waals surface area contributed by atoms with Gasteiger partial charge in [-0.1, -0.05) is 29.8 Å². The Hall–Kier alpha value is -0.910. The highest BCUT2D eigenvalue weighted by atomic mass is 32.2. The number of nitrogens with one attached hydrogen (secondary N) is 1. The molecule has 1 fully saturated rings. The summed E-state index contributed by atoms with van der Waals surface area (Å²) in [6.07, 6.45) is 1.77. The molecule has 0 aromatic heterocycles. The Morgan fingerprint density at radius 2 is 1.81 bits per heavy atom. The monoisotopic (exact) mass is 310 g/mol. The van der Waals surface area contributed by atoms with E-state index in [9.17, 15) is 8.42 Å². The normalized spacial score (nSPS) is 19.6. The second-order valence-electron chi connectivity index (χ2n) is 5.87. The summed E-state index contributed by atoms with van der Waals surface area (Å²) in [4.78, 5) is 0. The SMILES string of the molecule is CCS(=O)(=O)N1CCC(NC(C)c2ccc(C)cc2)CC1. The molecule has 1 aliphatic rings. The fourth-order valence-corrected chi connectivity index (χ4v) is 3.92. The predicted octanol–water partition coefficient (Wildman–Crippen LogP) is 2.46. The van der Waals surface area contributed by atoms with Crippen LogP contribution in [0.5, 0.6) is 0 Å². The molecule has 2 rings (SSSR count). The first-order chi connectivity index (χ1) is 9.92. The van der Waals surface area contributed by atoms with Crippen LogP contribution in [0.15, 0.2) is 24.3 Å². The number of nitrogens with zero attached hydrogens (tertiary/aromatic N) is 1. The Morgan fingerprint density at radius 1 is 1.24 bits per heavy atom. The van der Waals surface area contributed by atoms with Crippen molar-refractivity contribution < 1.29 is 8.42 Å². The third-order valence-corrected chi connectivity index (χ3v) is 6.16. The lowest BCUT2D eigenvalue weighted by Crippen LogP contribution is -2.45. The summed E-state index contributed by atoms with van der Waals surface area (Å²) in [5.74, 6) is 0.199. The highest BCUT2D eigenvalue weighted by Gasteiger charge is 2.27. The van der Waals surface area contributed by atoms with Crippen molar-refractivity contribution in [3.8, 4) is 0 Å². The molecule has 118 valence electrons. The van der Waals surface area contributed by atoms with Gasteiger partial charge in [0.05, 0.1) is 5.75 Å². The molecule has 1 saturated heterocycles. The van der Waals surface area contributed by atoms with E-state index in [1.165, 1.54) is 11.1 Å². The number of benzene rings is 1. The van der Waals surface area contributed by atoms with E-state index in [4.69, 9.17) is 0 Å². The van der Waals surface area contributed by atoms with Crippen molar-refractivity contribution in [1.82, 2.24) is 9.62 Å². The number of piperidine rings is 1. The van der Waals surface area contributed by atoms with Crippen LogP contribution < -0.4 is 5.32 Å². The molecule has 1 aliphatic heterocycles. The van der Waals surface area contributed by atoms with E-state index in [1.54, 1.807) is 11.2 Å². The summed E-state index contributed by atoms with van der Waals surface area (Å²) in [5.41, 5.74) is 2.55. The maximum Gasteiger partial charge on any atom is 0.213 e. The van der Waals surface area contributed by atoms with Crippen molar-refractivity contribution in [2.24, 2.45) is 0 Å². The van der Waals surface area contributed by atoms with Crippen LogP contribution in [0.1, 0.15) is 43.9 Å². The van der Waals surface area contributed by atoms with Crippen molar-refractivity contribution in [2.45, 2.75) is 45.7 Å². The van der Waals surface area contributed by atoms with Crippen LogP contribution in [0.2, 0.25) is 0 Å². The highest BCUT2D eigenvalue weighted by molar-refractivity contribution is 7.89. The lowest BCUT2D eigenvalue weighted by atomic mass is 10.0. The molecule has 1 heterocycles. The van der Waals surface area contributed by atoms with Gasteiger partial charge in [0, 0.05) is 25.2 Å². The summed E-state index contributed by atoms with van der Waals surface area (Å²) in [5, 5.41) is 3.62. The molecular weight excluding hydrogens is 284 g/mol. The smallest absolute Gasteiger partial charge is 0.213 e. The fourth-order valence-electron chi connectivity index (χ4n) is 2.79. The van der Waals surface area contributed by atoms with Crippen LogP contribution in [0.3, 0.4) is 0 Å². The second-order valence-corrected chi connectivity index (χ2v) is 8.13. The van der Waals surface area contributed by atoms with Crippen LogP contribution in [0.4, 0.5) is 0 Å². The average molecular weight is 310 g/mol. The Kier molecular flexibility index (Phi) is 5.41. The van der Waals surface area contributed by atoms with E-state index in [1.807, 2.05) is 0 Å². The third kappa shape index (κ3) is 4.28. The Bertz CT molecular complexity index is 546.